The van der Waals surface area contributed by atoms with Crippen LogP contribution in [0.25, 0.3) is 0 Å². The Labute approximate surface area is 193 Å². The molecule has 4 heterocycles. The number of nitrogens with zero attached hydrogens (tertiary/aromatic N) is 3. The van der Waals surface area contributed by atoms with Crippen LogP contribution < -0.4 is 21.5 Å². The lowest BCUT2D eigenvalue weighted by Crippen LogP contribution is -2.38. The number of carbonyl (C=O) groups is 1. The number of anilines is 2. The molecule has 2 aromatic heterocycles. The average Bonchev–Trinajstić information content (AvgIpc) is 3.34. The van der Waals surface area contributed by atoms with Crippen LogP contribution in [0.1, 0.15) is 84.5 Å². The molecule has 8 heteroatoms. The second-order valence-electron chi connectivity index (χ2n) is 9.40. The molecule has 1 saturated heterocycles. The summed E-state index contributed by atoms with van der Waals surface area (Å²) in [6.45, 7) is 5.40. The molecule has 5 rings (SSSR count). The SMILES string of the molecule is CC(=O)c1c(C)c2c(n(C3CCCC3)c1=O)NC(Nc1ccc(C3CCNCC3)cn1)N=C2. The van der Waals surface area contributed by atoms with E-state index >= 15 is 0 Å². The Balaban J connectivity index is 1.41. The van der Waals surface area contributed by atoms with E-state index in [9.17, 15) is 9.59 Å². The number of Topliss-reactive ketones (excluding diaryl/α,β-unsaturated/α-hetero) is 1. The summed E-state index contributed by atoms with van der Waals surface area (Å²) in [5.74, 6) is 1.84. The number of aromatic nitrogens is 2. The minimum atomic E-state index is -0.440. The van der Waals surface area contributed by atoms with Crippen LogP contribution in [0.3, 0.4) is 0 Å². The maximum atomic E-state index is 13.4. The van der Waals surface area contributed by atoms with Crippen LogP contribution in [0.2, 0.25) is 0 Å². The molecule has 3 aliphatic rings. The predicted molar refractivity (Wildman–Crippen MR) is 131 cm³/mol. The van der Waals surface area contributed by atoms with Gasteiger partial charge in [0.25, 0.3) is 5.56 Å². The van der Waals surface area contributed by atoms with Crippen LogP contribution >= 0.6 is 0 Å². The highest BCUT2D eigenvalue weighted by atomic mass is 16.1. The Bertz CT molecular complexity index is 1130. The Kier molecular flexibility index (Phi) is 6.01. The Morgan fingerprint density at radius 1 is 1.15 bits per heavy atom. The van der Waals surface area contributed by atoms with Crippen molar-refractivity contribution in [2.24, 2.45) is 4.99 Å². The maximum absolute atomic E-state index is 13.4. The van der Waals surface area contributed by atoms with Crippen molar-refractivity contribution in [3.63, 3.8) is 0 Å². The van der Waals surface area contributed by atoms with Gasteiger partial charge in [-0.3, -0.25) is 14.2 Å². The maximum Gasteiger partial charge on any atom is 0.263 e. The van der Waals surface area contributed by atoms with Gasteiger partial charge >= 0.3 is 0 Å². The number of rotatable bonds is 5. The van der Waals surface area contributed by atoms with Gasteiger partial charge in [-0.15, -0.1) is 0 Å². The van der Waals surface area contributed by atoms with Crippen LogP contribution in [0.4, 0.5) is 11.6 Å². The van der Waals surface area contributed by atoms with E-state index in [0.717, 1.165) is 68.8 Å². The van der Waals surface area contributed by atoms with E-state index in [1.54, 1.807) is 10.8 Å². The largest absolute Gasteiger partial charge is 0.332 e. The van der Waals surface area contributed by atoms with Crippen molar-refractivity contribution in [2.75, 3.05) is 23.7 Å². The topological polar surface area (TPSA) is 100 Å². The van der Waals surface area contributed by atoms with E-state index < -0.39 is 6.29 Å². The second kappa shape index (κ2) is 9.09. The van der Waals surface area contributed by atoms with E-state index in [1.807, 2.05) is 19.2 Å². The number of fused-ring (bicyclic) bond motifs is 1. The summed E-state index contributed by atoms with van der Waals surface area (Å²) in [4.78, 5) is 34.9. The fourth-order valence-electron chi connectivity index (χ4n) is 5.47. The van der Waals surface area contributed by atoms with Gasteiger partial charge in [-0.05, 0) is 75.7 Å². The van der Waals surface area contributed by atoms with E-state index in [0.29, 0.717) is 11.5 Å². The van der Waals surface area contributed by atoms with Crippen molar-refractivity contribution in [2.45, 2.75) is 70.6 Å². The lowest BCUT2D eigenvalue weighted by atomic mass is 9.91. The van der Waals surface area contributed by atoms with E-state index in [4.69, 9.17) is 0 Å². The molecule has 2 aromatic rings. The number of piperidine rings is 1. The molecule has 1 saturated carbocycles. The number of hydrogen-bond acceptors (Lipinski definition) is 7. The highest BCUT2D eigenvalue weighted by molar-refractivity contribution is 6.00. The summed E-state index contributed by atoms with van der Waals surface area (Å²) in [6, 6.07) is 4.24. The van der Waals surface area contributed by atoms with E-state index in [2.05, 4.69) is 32.0 Å². The molecule has 0 amide bonds. The molecule has 2 aliphatic heterocycles. The zero-order valence-electron chi connectivity index (χ0n) is 19.4. The van der Waals surface area contributed by atoms with Crippen LogP contribution in [-0.4, -0.2) is 40.9 Å². The first kappa shape index (κ1) is 21.8. The molecular weight excluding hydrogens is 416 g/mol. The van der Waals surface area contributed by atoms with E-state index in [-0.39, 0.29) is 22.9 Å². The van der Waals surface area contributed by atoms with Crippen molar-refractivity contribution >= 4 is 23.6 Å². The first-order valence-electron chi connectivity index (χ1n) is 12.1. The third-order valence-electron chi connectivity index (χ3n) is 7.26. The van der Waals surface area contributed by atoms with Gasteiger partial charge in [-0.2, -0.15) is 0 Å². The summed E-state index contributed by atoms with van der Waals surface area (Å²) < 4.78 is 1.81. The minimum absolute atomic E-state index is 0.104. The molecule has 0 aromatic carbocycles. The first-order valence-corrected chi connectivity index (χ1v) is 12.1. The van der Waals surface area contributed by atoms with Crippen molar-refractivity contribution in [3.05, 3.63) is 50.9 Å². The van der Waals surface area contributed by atoms with Gasteiger partial charge < -0.3 is 16.0 Å². The molecule has 0 bridgehead atoms. The van der Waals surface area contributed by atoms with Crippen LogP contribution in [0.15, 0.2) is 28.1 Å². The molecule has 174 valence electrons. The molecule has 1 aliphatic carbocycles. The number of hydrogen-bond donors (Lipinski definition) is 3. The van der Waals surface area contributed by atoms with Gasteiger partial charge in [0.2, 0.25) is 0 Å². The molecule has 1 unspecified atom stereocenters. The lowest BCUT2D eigenvalue weighted by molar-refractivity contribution is 0.101. The van der Waals surface area contributed by atoms with Crippen LogP contribution in [-0.2, 0) is 0 Å². The molecule has 0 spiro atoms. The third kappa shape index (κ3) is 4.19. The summed E-state index contributed by atoms with van der Waals surface area (Å²) in [7, 11) is 0. The number of ketones is 1. The van der Waals surface area contributed by atoms with Gasteiger partial charge in [0.1, 0.15) is 11.6 Å². The minimum Gasteiger partial charge on any atom is -0.332 e. The number of carbonyl (C=O) groups excluding carboxylic acids is 1. The normalized spacial score (nSPS) is 21.0. The molecule has 8 nitrogen and oxygen atoms in total. The van der Waals surface area contributed by atoms with Gasteiger partial charge in [0.15, 0.2) is 12.1 Å². The number of aliphatic imine (C=N–C) groups is 1. The summed E-state index contributed by atoms with van der Waals surface area (Å²) >= 11 is 0. The smallest absolute Gasteiger partial charge is 0.263 e. The van der Waals surface area contributed by atoms with Gasteiger partial charge in [0, 0.05) is 24.0 Å². The van der Waals surface area contributed by atoms with Gasteiger partial charge in [0.05, 0.1) is 5.56 Å². The Morgan fingerprint density at radius 3 is 2.58 bits per heavy atom. The highest BCUT2D eigenvalue weighted by Gasteiger charge is 2.29. The standard InChI is InChI=1S/C25H32N6O2/c1-15-20-14-28-25(29-21-8-7-18(13-27-21)17-9-11-26-12-10-17)30-23(20)31(19-5-3-4-6-19)24(33)22(15)16(2)32/h7-8,13-14,17,19,25-26,30H,3-6,9-12H2,1-2H3,(H,27,29). The predicted octanol–water partition coefficient (Wildman–Crippen LogP) is 3.58. The monoisotopic (exact) mass is 448 g/mol. The van der Waals surface area contributed by atoms with Crippen LogP contribution in [0, 0.1) is 6.92 Å². The van der Waals surface area contributed by atoms with Crippen molar-refractivity contribution < 1.29 is 4.79 Å². The van der Waals surface area contributed by atoms with Crippen LogP contribution in [0.5, 0.6) is 0 Å². The highest BCUT2D eigenvalue weighted by Crippen LogP contribution is 2.34. The zero-order chi connectivity index (χ0) is 22.9. The molecule has 3 N–H and O–H groups in total. The quantitative estimate of drug-likeness (QED) is 0.605. The first-order chi connectivity index (χ1) is 16.0. The molecular formula is C25H32N6O2. The summed E-state index contributed by atoms with van der Waals surface area (Å²) in [5, 5.41) is 10.1. The number of pyridine rings is 2. The molecule has 1 atom stereocenters. The van der Waals surface area contributed by atoms with E-state index in [1.165, 1.54) is 12.5 Å². The zero-order valence-corrected chi connectivity index (χ0v) is 19.4. The summed E-state index contributed by atoms with van der Waals surface area (Å²) in [5.41, 5.74) is 2.86. The van der Waals surface area contributed by atoms with Crippen molar-refractivity contribution in [1.29, 1.82) is 0 Å². The second-order valence-corrected chi connectivity index (χ2v) is 9.40. The number of nitrogens with one attached hydrogen (secondary N) is 3. The molecule has 2 fully saturated rings. The fraction of sp³-hybridized carbons (Fsp3) is 0.520. The van der Waals surface area contributed by atoms with Gasteiger partial charge in [-0.25, -0.2) is 9.98 Å². The van der Waals surface area contributed by atoms with Crippen molar-refractivity contribution in [3.8, 4) is 0 Å². The molecule has 0 radical (unpaired) electrons. The Hall–Kier alpha value is -3.00. The van der Waals surface area contributed by atoms with Gasteiger partial charge in [-0.1, -0.05) is 18.9 Å². The molecule has 33 heavy (non-hydrogen) atoms. The average molecular weight is 449 g/mol. The fourth-order valence-corrected chi connectivity index (χ4v) is 5.47. The van der Waals surface area contributed by atoms with Crippen molar-refractivity contribution in [1.82, 2.24) is 14.9 Å². The summed E-state index contributed by atoms with van der Waals surface area (Å²) in [6.07, 6.45) is 9.66. The lowest BCUT2D eigenvalue weighted by Gasteiger charge is -2.30. The Morgan fingerprint density at radius 2 is 1.91 bits per heavy atom. The third-order valence-corrected chi connectivity index (χ3v) is 7.26.